The fourth-order valence-corrected chi connectivity index (χ4v) is 3.72. The van der Waals surface area contributed by atoms with Crippen molar-refractivity contribution in [2.45, 2.75) is 50.7 Å². The molecule has 1 aliphatic rings. The van der Waals surface area contributed by atoms with Gasteiger partial charge in [0.2, 0.25) is 0 Å². The Bertz CT molecular complexity index is 569. The zero-order chi connectivity index (χ0) is 15.5. The van der Waals surface area contributed by atoms with Crippen LogP contribution in [0.3, 0.4) is 0 Å². The monoisotopic (exact) mass is 311 g/mol. The SMILES string of the molecule is CCS(=O)(=O)c1ccccc1NC1CCOC(C(C)C)C1. The van der Waals surface area contributed by atoms with Gasteiger partial charge in [0.15, 0.2) is 9.84 Å². The Kier molecular flexibility index (Phi) is 5.27. The summed E-state index contributed by atoms with van der Waals surface area (Å²) in [5.41, 5.74) is 0.716. The molecule has 118 valence electrons. The molecule has 0 spiro atoms. The van der Waals surface area contributed by atoms with Gasteiger partial charge < -0.3 is 10.1 Å². The average Bonchev–Trinajstić information content (AvgIpc) is 2.48. The first-order valence-corrected chi connectivity index (χ1v) is 9.29. The van der Waals surface area contributed by atoms with Crippen molar-refractivity contribution in [2.24, 2.45) is 5.92 Å². The van der Waals surface area contributed by atoms with E-state index in [9.17, 15) is 8.42 Å². The summed E-state index contributed by atoms with van der Waals surface area (Å²) in [6, 6.07) is 7.44. The lowest BCUT2D eigenvalue weighted by Gasteiger charge is -2.33. The van der Waals surface area contributed by atoms with Crippen LogP contribution in [0.25, 0.3) is 0 Å². The van der Waals surface area contributed by atoms with Gasteiger partial charge in [-0.2, -0.15) is 0 Å². The number of ether oxygens (including phenoxy) is 1. The molecule has 1 aromatic rings. The van der Waals surface area contributed by atoms with Gasteiger partial charge in [0, 0.05) is 12.6 Å². The van der Waals surface area contributed by atoms with Crippen molar-refractivity contribution in [3.8, 4) is 0 Å². The minimum absolute atomic E-state index is 0.119. The molecule has 0 aliphatic carbocycles. The predicted molar refractivity (Wildman–Crippen MR) is 85.4 cm³/mol. The van der Waals surface area contributed by atoms with E-state index in [0.717, 1.165) is 19.4 Å². The molecule has 1 saturated heterocycles. The molecule has 2 atom stereocenters. The van der Waals surface area contributed by atoms with E-state index in [1.54, 1.807) is 19.1 Å². The lowest BCUT2D eigenvalue weighted by Crippen LogP contribution is -2.36. The van der Waals surface area contributed by atoms with Crippen LogP contribution in [0.5, 0.6) is 0 Å². The molecule has 0 saturated carbocycles. The zero-order valence-corrected chi connectivity index (χ0v) is 13.8. The molecule has 0 radical (unpaired) electrons. The summed E-state index contributed by atoms with van der Waals surface area (Å²) in [5.74, 6) is 0.595. The third-order valence-corrected chi connectivity index (χ3v) is 5.81. The Hall–Kier alpha value is -1.07. The van der Waals surface area contributed by atoms with Gasteiger partial charge in [0.05, 0.1) is 22.4 Å². The Morgan fingerprint density at radius 1 is 1.33 bits per heavy atom. The van der Waals surface area contributed by atoms with Crippen LogP contribution in [0.15, 0.2) is 29.2 Å². The Balaban J connectivity index is 2.17. The molecule has 1 aliphatic heterocycles. The summed E-state index contributed by atoms with van der Waals surface area (Å²) in [6.07, 6.45) is 2.06. The fraction of sp³-hybridized carbons (Fsp3) is 0.625. The molecule has 1 heterocycles. The molecule has 1 fully saturated rings. The second-order valence-electron chi connectivity index (χ2n) is 5.92. The molecule has 5 heteroatoms. The van der Waals surface area contributed by atoms with Crippen molar-refractivity contribution >= 4 is 15.5 Å². The van der Waals surface area contributed by atoms with E-state index in [-0.39, 0.29) is 17.9 Å². The van der Waals surface area contributed by atoms with Crippen LogP contribution in [-0.4, -0.2) is 32.9 Å². The smallest absolute Gasteiger partial charge is 0.180 e. The number of rotatable bonds is 5. The van der Waals surface area contributed by atoms with Crippen molar-refractivity contribution in [2.75, 3.05) is 17.7 Å². The van der Waals surface area contributed by atoms with E-state index in [1.807, 2.05) is 12.1 Å². The maximum atomic E-state index is 12.2. The van der Waals surface area contributed by atoms with Crippen molar-refractivity contribution in [3.05, 3.63) is 24.3 Å². The van der Waals surface area contributed by atoms with Gasteiger partial charge in [0.25, 0.3) is 0 Å². The molecule has 21 heavy (non-hydrogen) atoms. The van der Waals surface area contributed by atoms with E-state index < -0.39 is 9.84 Å². The third-order valence-electron chi connectivity index (χ3n) is 4.02. The highest BCUT2D eigenvalue weighted by Crippen LogP contribution is 2.27. The minimum Gasteiger partial charge on any atom is -0.381 e. The first kappa shape index (κ1) is 16.3. The average molecular weight is 311 g/mol. The van der Waals surface area contributed by atoms with Gasteiger partial charge in [-0.05, 0) is 30.9 Å². The van der Waals surface area contributed by atoms with Gasteiger partial charge in [0.1, 0.15) is 0 Å². The van der Waals surface area contributed by atoms with Crippen LogP contribution in [0.4, 0.5) is 5.69 Å². The Morgan fingerprint density at radius 2 is 2.05 bits per heavy atom. The highest BCUT2D eigenvalue weighted by Gasteiger charge is 2.26. The summed E-state index contributed by atoms with van der Waals surface area (Å²) in [7, 11) is -3.20. The van der Waals surface area contributed by atoms with E-state index in [4.69, 9.17) is 4.74 Å². The van der Waals surface area contributed by atoms with Crippen LogP contribution in [0.2, 0.25) is 0 Å². The highest BCUT2D eigenvalue weighted by atomic mass is 32.2. The number of para-hydroxylation sites is 1. The molecule has 1 N–H and O–H groups in total. The number of nitrogens with one attached hydrogen (secondary N) is 1. The lowest BCUT2D eigenvalue weighted by atomic mass is 9.95. The Morgan fingerprint density at radius 3 is 2.71 bits per heavy atom. The molecular formula is C16H25NO3S. The Labute approximate surface area is 127 Å². The molecule has 0 bridgehead atoms. The maximum absolute atomic E-state index is 12.2. The van der Waals surface area contributed by atoms with Crippen molar-refractivity contribution < 1.29 is 13.2 Å². The number of hydrogen-bond donors (Lipinski definition) is 1. The molecule has 4 nitrogen and oxygen atoms in total. The summed E-state index contributed by atoms with van der Waals surface area (Å²) >= 11 is 0. The lowest BCUT2D eigenvalue weighted by molar-refractivity contribution is -0.0161. The van der Waals surface area contributed by atoms with Gasteiger partial charge >= 0.3 is 0 Å². The number of sulfone groups is 1. The quantitative estimate of drug-likeness (QED) is 0.908. The molecule has 0 amide bonds. The predicted octanol–water partition coefficient (Wildman–Crippen LogP) is 3.10. The zero-order valence-electron chi connectivity index (χ0n) is 13.0. The van der Waals surface area contributed by atoms with E-state index in [0.29, 0.717) is 16.5 Å². The van der Waals surface area contributed by atoms with Crippen molar-refractivity contribution in [1.82, 2.24) is 0 Å². The summed E-state index contributed by atoms with van der Waals surface area (Å²) in [6.45, 7) is 6.71. The number of hydrogen-bond acceptors (Lipinski definition) is 4. The maximum Gasteiger partial charge on any atom is 0.180 e. The summed E-state index contributed by atoms with van der Waals surface area (Å²) in [5, 5.41) is 3.42. The van der Waals surface area contributed by atoms with E-state index in [2.05, 4.69) is 19.2 Å². The molecule has 2 unspecified atom stereocenters. The van der Waals surface area contributed by atoms with E-state index >= 15 is 0 Å². The molecule has 2 rings (SSSR count). The summed E-state index contributed by atoms with van der Waals surface area (Å²) < 4.78 is 30.1. The standard InChI is InChI=1S/C16H25NO3S/c1-4-21(18,19)16-8-6-5-7-14(16)17-13-9-10-20-15(11-13)12(2)3/h5-8,12-13,15,17H,4,9-11H2,1-3H3. The van der Waals surface area contributed by atoms with Gasteiger partial charge in [-0.1, -0.05) is 32.9 Å². The van der Waals surface area contributed by atoms with Gasteiger partial charge in [-0.3, -0.25) is 0 Å². The van der Waals surface area contributed by atoms with Gasteiger partial charge in [-0.15, -0.1) is 0 Å². The van der Waals surface area contributed by atoms with Crippen molar-refractivity contribution in [3.63, 3.8) is 0 Å². The largest absolute Gasteiger partial charge is 0.381 e. The van der Waals surface area contributed by atoms with E-state index in [1.165, 1.54) is 0 Å². The molecular weight excluding hydrogens is 286 g/mol. The summed E-state index contributed by atoms with van der Waals surface area (Å²) in [4.78, 5) is 0.403. The highest BCUT2D eigenvalue weighted by molar-refractivity contribution is 7.91. The van der Waals surface area contributed by atoms with Gasteiger partial charge in [-0.25, -0.2) is 8.42 Å². The topological polar surface area (TPSA) is 55.4 Å². The van der Waals surface area contributed by atoms with Crippen LogP contribution < -0.4 is 5.32 Å². The van der Waals surface area contributed by atoms with Crippen LogP contribution in [0, 0.1) is 5.92 Å². The second-order valence-corrected chi connectivity index (χ2v) is 8.17. The first-order chi connectivity index (χ1) is 9.94. The van der Waals surface area contributed by atoms with Crippen LogP contribution >= 0.6 is 0 Å². The van der Waals surface area contributed by atoms with Crippen LogP contribution in [-0.2, 0) is 14.6 Å². The number of benzene rings is 1. The normalized spacial score (nSPS) is 23.2. The first-order valence-electron chi connectivity index (χ1n) is 7.64. The number of anilines is 1. The second kappa shape index (κ2) is 6.79. The molecule has 0 aromatic heterocycles. The molecule has 1 aromatic carbocycles. The third kappa shape index (κ3) is 3.98. The minimum atomic E-state index is -3.20. The fourth-order valence-electron chi connectivity index (χ4n) is 2.66. The van der Waals surface area contributed by atoms with Crippen molar-refractivity contribution in [1.29, 1.82) is 0 Å². The van der Waals surface area contributed by atoms with Crippen LogP contribution in [0.1, 0.15) is 33.6 Å².